The van der Waals surface area contributed by atoms with Crippen LogP contribution in [0.15, 0.2) is 24.3 Å². The molecule has 96 valence electrons. The van der Waals surface area contributed by atoms with Gasteiger partial charge in [0.2, 0.25) is 5.91 Å². The largest absolute Gasteiger partial charge is 0.481 e. The molecule has 18 heavy (non-hydrogen) atoms. The van der Waals surface area contributed by atoms with Gasteiger partial charge in [0.05, 0.1) is 11.3 Å². The van der Waals surface area contributed by atoms with Crippen LogP contribution in [0.3, 0.4) is 0 Å². The standard InChI is InChI=1S/C11H12N2O5/c14-10(5-6-11(15)16)12-7-8-3-1-2-4-9(8)13(17)18/h1-4H,5-7H2,(H,12,14)(H,15,16). The number of amides is 1. The third-order valence-corrected chi connectivity index (χ3v) is 2.23. The van der Waals surface area contributed by atoms with Crippen LogP contribution in [0.2, 0.25) is 0 Å². The summed E-state index contributed by atoms with van der Waals surface area (Å²) in [4.78, 5) is 31.7. The highest BCUT2D eigenvalue weighted by Gasteiger charge is 2.13. The average Bonchev–Trinajstić information content (AvgIpc) is 2.34. The van der Waals surface area contributed by atoms with Crippen molar-refractivity contribution in [2.45, 2.75) is 19.4 Å². The first-order chi connectivity index (χ1) is 8.50. The first-order valence-electron chi connectivity index (χ1n) is 5.21. The minimum atomic E-state index is -1.06. The van der Waals surface area contributed by atoms with Crippen LogP contribution in [-0.2, 0) is 16.1 Å². The highest BCUT2D eigenvalue weighted by molar-refractivity contribution is 5.80. The Morgan fingerprint density at radius 1 is 1.28 bits per heavy atom. The summed E-state index contributed by atoms with van der Waals surface area (Å²) in [5, 5.41) is 21.5. The number of nitro benzene ring substituents is 1. The third kappa shape index (κ3) is 4.20. The van der Waals surface area contributed by atoms with Gasteiger partial charge in [-0.05, 0) is 0 Å². The van der Waals surface area contributed by atoms with E-state index in [1.165, 1.54) is 18.2 Å². The van der Waals surface area contributed by atoms with Crippen molar-refractivity contribution in [2.24, 2.45) is 0 Å². The normalized spacial score (nSPS) is 9.78. The molecule has 0 aliphatic rings. The number of nitro groups is 1. The summed E-state index contributed by atoms with van der Waals surface area (Å²) in [6.45, 7) is 0.00953. The van der Waals surface area contributed by atoms with Gasteiger partial charge in [0.15, 0.2) is 0 Å². The quantitative estimate of drug-likeness (QED) is 0.581. The summed E-state index contributed by atoms with van der Waals surface area (Å²) >= 11 is 0. The molecule has 0 unspecified atom stereocenters. The topological polar surface area (TPSA) is 110 Å². The number of rotatable bonds is 6. The molecule has 0 saturated heterocycles. The number of nitrogens with one attached hydrogen (secondary N) is 1. The number of aliphatic carboxylic acids is 1. The van der Waals surface area contributed by atoms with Crippen molar-refractivity contribution in [2.75, 3.05) is 0 Å². The molecule has 1 aromatic carbocycles. The number of para-hydroxylation sites is 1. The zero-order valence-electron chi connectivity index (χ0n) is 9.46. The maximum Gasteiger partial charge on any atom is 0.303 e. The summed E-state index contributed by atoms with van der Waals surface area (Å²) in [5.74, 6) is -1.51. The molecule has 0 saturated carbocycles. The molecule has 0 atom stereocenters. The summed E-state index contributed by atoms with van der Waals surface area (Å²) in [6, 6.07) is 6.05. The van der Waals surface area contributed by atoms with E-state index in [9.17, 15) is 19.7 Å². The molecule has 1 amide bonds. The van der Waals surface area contributed by atoms with Gasteiger partial charge in [0, 0.05) is 24.6 Å². The summed E-state index contributed by atoms with van der Waals surface area (Å²) < 4.78 is 0. The fourth-order valence-corrected chi connectivity index (χ4v) is 1.34. The van der Waals surface area contributed by atoms with Gasteiger partial charge >= 0.3 is 5.97 Å². The molecule has 1 rings (SSSR count). The van der Waals surface area contributed by atoms with Crippen LogP contribution >= 0.6 is 0 Å². The summed E-state index contributed by atoms with van der Waals surface area (Å²) in [7, 11) is 0. The van der Waals surface area contributed by atoms with E-state index in [-0.39, 0.29) is 25.1 Å². The van der Waals surface area contributed by atoms with Crippen LogP contribution < -0.4 is 5.32 Å². The lowest BCUT2D eigenvalue weighted by Crippen LogP contribution is -2.23. The fraction of sp³-hybridized carbons (Fsp3) is 0.273. The monoisotopic (exact) mass is 252 g/mol. The van der Waals surface area contributed by atoms with E-state index < -0.39 is 16.8 Å². The van der Waals surface area contributed by atoms with E-state index in [0.29, 0.717) is 5.56 Å². The SMILES string of the molecule is O=C(O)CCC(=O)NCc1ccccc1[N+](=O)[O-]. The van der Waals surface area contributed by atoms with E-state index in [1.807, 2.05) is 0 Å². The predicted octanol–water partition coefficient (Wildman–Crippen LogP) is 1.08. The van der Waals surface area contributed by atoms with E-state index in [1.54, 1.807) is 6.07 Å². The molecule has 1 aromatic rings. The zero-order valence-corrected chi connectivity index (χ0v) is 9.46. The molecule has 7 nitrogen and oxygen atoms in total. The lowest BCUT2D eigenvalue weighted by molar-refractivity contribution is -0.385. The smallest absolute Gasteiger partial charge is 0.303 e. The molecule has 2 N–H and O–H groups in total. The molecule has 7 heteroatoms. The van der Waals surface area contributed by atoms with Crippen molar-refractivity contribution in [3.63, 3.8) is 0 Å². The molecule has 0 aliphatic heterocycles. The minimum absolute atomic E-state index is 0.00953. The van der Waals surface area contributed by atoms with Crippen LogP contribution in [0.5, 0.6) is 0 Å². The van der Waals surface area contributed by atoms with Crippen molar-refractivity contribution >= 4 is 17.6 Å². The predicted molar refractivity (Wildman–Crippen MR) is 61.8 cm³/mol. The Morgan fingerprint density at radius 3 is 2.56 bits per heavy atom. The minimum Gasteiger partial charge on any atom is -0.481 e. The maximum atomic E-state index is 11.3. The molecule has 0 fully saturated rings. The Morgan fingerprint density at radius 2 is 1.94 bits per heavy atom. The van der Waals surface area contributed by atoms with Gasteiger partial charge in [-0.1, -0.05) is 18.2 Å². The first-order valence-corrected chi connectivity index (χ1v) is 5.21. The fourth-order valence-electron chi connectivity index (χ4n) is 1.34. The lowest BCUT2D eigenvalue weighted by atomic mass is 10.2. The van der Waals surface area contributed by atoms with Gasteiger partial charge < -0.3 is 10.4 Å². The molecule has 0 aliphatic carbocycles. The van der Waals surface area contributed by atoms with Crippen LogP contribution in [-0.4, -0.2) is 21.9 Å². The number of hydrogen-bond acceptors (Lipinski definition) is 4. The maximum absolute atomic E-state index is 11.3. The third-order valence-electron chi connectivity index (χ3n) is 2.23. The van der Waals surface area contributed by atoms with Crippen molar-refractivity contribution in [3.05, 3.63) is 39.9 Å². The average molecular weight is 252 g/mol. The molecule has 0 spiro atoms. The number of benzene rings is 1. The van der Waals surface area contributed by atoms with Crippen molar-refractivity contribution in [1.82, 2.24) is 5.32 Å². The number of carbonyl (C=O) groups excluding carboxylic acids is 1. The molecule has 0 heterocycles. The van der Waals surface area contributed by atoms with E-state index in [0.717, 1.165) is 0 Å². The van der Waals surface area contributed by atoms with Gasteiger partial charge in [-0.3, -0.25) is 19.7 Å². The van der Waals surface area contributed by atoms with Gasteiger partial charge in [0.1, 0.15) is 0 Å². The number of nitrogens with zero attached hydrogens (tertiary/aromatic N) is 1. The van der Waals surface area contributed by atoms with Crippen molar-refractivity contribution in [3.8, 4) is 0 Å². The van der Waals surface area contributed by atoms with Gasteiger partial charge in [-0.25, -0.2) is 0 Å². The zero-order chi connectivity index (χ0) is 13.5. The molecule has 0 aromatic heterocycles. The molecular weight excluding hydrogens is 240 g/mol. The number of hydrogen-bond donors (Lipinski definition) is 2. The van der Waals surface area contributed by atoms with Crippen LogP contribution in [0, 0.1) is 10.1 Å². The van der Waals surface area contributed by atoms with Crippen LogP contribution in [0.25, 0.3) is 0 Å². The second kappa shape index (κ2) is 6.33. The second-order valence-corrected chi connectivity index (χ2v) is 3.56. The lowest BCUT2D eigenvalue weighted by Gasteiger charge is -2.05. The van der Waals surface area contributed by atoms with Crippen molar-refractivity contribution < 1.29 is 19.6 Å². The molecule has 0 bridgehead atoms. The van der Waals surface area contributed by atoms with Gasteiger partial charge in [-0.15, -0.1) is 0 Å². The Labute approximate surface area is 103 Å². The molecular formula is C11H12N2O5. The van der Waals surface area contributed by atoms with Gasteiger partial charge in [-0.2, -0.15) is 0 Å². The van der Waals surface area contributed by atoms with E-state index in [4.69, 9.17) is 5.11 Å². The molecule has 0 radical (unpaired) electrons. The highest BCUT2D eigenvalue weighted by Crippen LogP contribution is 2.17. The Kier molecular flexibility index (Phi) is 4.79. The van der Waals surface area contributed by atoms with E-state index in [2.05, 4.69) is 5.32 Å². The van der Waals surface area contributed by atoms with Crippen molar-refractivity contribution in [1.29, 1.82) is 0 Å². The number of carbonyl (C=O) groups is 2. The number of carboxylic acid groups (broad SMARTS) is 1. The first kappa shape index (κ1) is 13.6. The van der Waals surface area contributed by atoms with E-state index >= 15 is 0 Å². The number of carboxylic acids is 1. The summed E-state index contributed by atoms with van der Waals surface area (Å²) in [6.07, 6.45) is -0.404. The second-order valence-electron chi connectivity index (χ2n) is 3.56. The Bertz CT molecular complexity index is 472. The highest BCUT2D eigenvalue weighted by atomic mass is 16.6. The van der Waals surface area contributed by atoms with Gasteiger partial charge in [0.25, 0.3) is 5.69 Å². The Hall–Kier alpha value is -2.44. The Balaban J connectivity index is 2.56. The van der Waals surface area contributed by atoms with Crippen LogP contribution in [0.1, 0.15) is 18.4 Å². The van der Waals surface area contributed by atoms with Crippen LogP contribution in [0.4, 0.5) is 5.69 Å². The summed E-state index contributed by atoms with van der Waals surface area (Å²) in [5.41, 5.74) is 0.308.